The van der Waals surface area contributed by atoms with E-state index in [1.54, 1.807) is 0 Å². The number of thioether (sulfide) groups is 1. The van der Waals surface area contributed by atoms with E-state index in [0.717, 1.165) is 5.56 Å². The third-order valence-corrected chi connectivity index (χ3v) is 3.49. The van der Waals surface area contributed by atoms with Crippen molar-refractivity contribution in [3.63, 3.8) is 0 Å². The first-order valence-electron chi connectivity index (χ1n) is 4.26. The van der Waals surface area contributed by atoms with Crippen LogP contribution in [0.3, 0.4) is 0 Å². The number of rotatable bonds is 1. The van der Waals surface area contributed by atoms with Crippen LogP contribution in [0.4, 0.5) is 0 Å². The Labute approximate surface area is 76.8 Å². The molecule has 1 heterocycles. The Morgan fingerprint density at radius 3 is 3.17 bits per heavy atom. The largest absolute Gasteiger partial charge is 0.392 e. The van der Waals surface area contributed by atoms with Gasteiger partial charge in [0, 0.05) is 4.90 Å². The average molecular weight is 180 g/mol. The van der Waals surface area contributed by atoms with Crippen molar-refractivity contribution in [1.29, 1.82) is 0 Å². The van der Waals surface area contributed by atoms with Gasteiger partial charge in [0.15, 0.2) is 0 Å². The Kier molecular flexibility index (Phi) is 2.38. The maximum absolute atomic E-state index is 9.08. The van der Waals surface area contributed by atoms with Crippen molar-refractivity contribution in [2.24, 2.45) is 0 Å². The Bertz CT molecular complexity index is 269. The maximum atomic E-state index is 9.08. The molecular formula is C10H12OS. The molecule has 2 heteroatoms. The van der Waals surface area contributed by atoms with Gasteiger partial charge in [-0.15, -0.1) is 11.8 Å². The van der Waals surface area contributed by atoms with Crippen molar-refractivity contribution in [2.45, 2.75) is 24.3 Å². The number of aryl methyl sites for hydroxylation is 1. The number of hydrogen-bond acceptors (Lipinski definition) is 2. The van der Waals surface area contributed by atoms with E-state index in [1.807, 2.05) is 23.9 Å². The van der Waals surface area contributed by atoms with Crippen LogP contribution in [-0.2, 0) is 13.0 Å². The molecule has 1 aromatic carbocycles. The summed E-state index contributed by atoms with van der Waals surface area (Å²) in [5, 5.41) is 9.08. The van der Waals surface area contributed by atoms with Crippen LogP contribution < -0.4 is 0 Å². The number of aliphatic hydroxyl groups excluding tert-OH is 1. The molecule has 1 aliphatic heterocycles. The molecule has 64 valence electrons. The van der Waals surface area contributed by atoms with Crippen LogP contribution in [0, 0.1) is 0 Å². The fourth-order valence-corrected chi connectivity index (χ4v) is 2.75. The molecule has 12 heavy (non-hydrogen) atoms. The van der Waals surface area contributed by atoms with Crippen LogP contribution in [0.25, 0.3) is 0 Å². The maximum Gasteiger partial charge on any atom is 0.0692 e. The first-order valence-corrected chi connectivity index (χ1v) is 5.25. The molecule has 0 bridgehead atoms. The van der Waals surface area contributed by atoms with Crippen molar-refractivity contribution in [3.8, 4) is 0 Å². The fourth-order valence-electron chi connectivity index (χ4n) is 1.58. The van der Waals surface area contributed by atoms with Crippen LogP contribution in [0.1, 0.15) is 17.5 Å². The van der Waals surface area contributed by atoms with E-state index in [1.165, 1.54) is 29.1 Å². The van der Waals surface area contributed by atoms with E-state index < -0.39 is 0 Å². The van der Waals surface area contributed by atoms with Gasteiger partial charge in [-0.3, -0.25) is 0 Å². The monoisotopic (exact) mass is 180 g/mol. The first-order chi connectivity index (χ1) is 5.92. The SMILES string of the molecule is OCc1cccc2c1SCCC2. The highest BCUT2D eigenvalue weighted by Crippen LogP contribution is 2.32. The van der Waals surface area contributed by atoms with Crippen molar-refractivity contribution >= 4 is 11.8 Å². The van der Waals surface area contributed by atoms with E-state index in [0.29, 0.717) is 0 Å². The van der Waals surface area contributed by atoms with E-state index in [4.69, 9.17) is 5.11 Å². The second kappa shape index (κ2) is 3.50. The molecule has 0 radical (unpaired) electrons. The van der Waals surface area contributed by atoms with E-state index >= 15 is 0 Å². The third kappa shape index (κ3) is 1.37. The van der Waals surface area contributed by atoms with Gasteiger partial charge < -0.3 is 5.11 Å². The Morgan fingerprint density at radius 2 is 2.33 bits per heavy atom. The second-order valence-electron chi connectivity index (χ2n) is 3.02. The lowest BCUT2D eigenvalue weighted by molar-refractivity contribution is 0.278. The summed E-state index contributed by atoms with van der Waals surface area (Å²) in [4.78, 5) is 1.33. The molecule has 0 amide bonds. The molecule has 0 aliphatic carbocycles. The van der Waals surface area contributed by atoms with E-state index in [2.05, 4.69) is 6.07 Å². The lowest BCUT2D eigenvalue weighted by atomic mass is 10.1. The van der Waals surface area contributed by atoms with Crippen LogP contribution in [0.5, 0.6) is 0 Å². The highest BCUT2D eigenvalue weighted by atomic mass is 32.2. The third-order valence-electron chi connectivity index (χ3n) is 2.19. The smallest absolute Gasteiger partial charge is 0.0692 e. The molecule has 0 atom stereocenters. The van der Waals surface area contributed by atoms with Crippen molar-refractivity contribution in [1.82, 2.24) is 0 Å². The van der Waals surface area contributed by atoms with Gasteiger partial charge in [-0.1, -0.05) is 18.2 Å². The molecule has 1 nitrogen and oxygen atoms in total. The van der Waals surface area contributed by atoms with Gasteiger partial charge in [0.1, 0.15) is 0 Å². The summed E-state index contributed by atoms with van der Waals surface area (Å²) in [6.45, 7) is 0.177. The zero-order valence-corrected chi connectivity index (χ0v) is 7.73. The molecule has 1 aliphatic rings. The van der Waals surface area contributed by atoms with Crippen molar-refractivity contribution < 1.29 is 5.11 Å². The van der Waals surface area contributed by atoms with Gasteiger partial charge >= 0.3 is 0 Å². The minimum atomic E-state index is 0.177. The Hall–Kier alpha value is -0.470. The van der Waals surface area contributed by atoms with Crippen LogP contribution in [0.2, 0.25) is 0 Å². The molecule has 0 aromatic heterocycles. The highest BCUT2D eigenvalue weighted by molar-refractivity contribution is 7.99. The predicted octanol–water partition coefficient (Wildman–Crippen LogP) is 2.22. The first kappa shape index (κ1) is 8.14. The molecule has 0 unspecified atom stereocenters. The normalized spacial score (nSPS) is 15.8. The fraction of sp³-hybridized carbons (Fsp3) is 0.400. The minimum absolute atomic E-state index is 0.177. The summed E-state index contributed by atoms with van der Waals surface area (Å²) < 4.78 is 0. The molecule has 0 saturated heterocycles. The van der Waals surface area contributed by atoms with E-state index in [9.17, 15) is 0 Å². The average Bonchev–Trinajstić information content (AvgIpc) is 2.17. The molecule has 1 aromatic rings. The Balaban J connectivity index is 2.44. The van der Waals surface area contributed by atoms with E-state index in [-0.39, 0.29) is 6.61 Å². The molecule has 0 saturated carbocycles. The zero-order chi connectivity index (χ0) is 8.39. The summed E-state index contributed by atoms with van der Waals surface area (Å²) in [6, 6.07) is 6.22. The summed E-state index contributed by atoms with van der Waals surface area (Å²) in [6.07, 6.45) is 2.45. The number of fused-ring (bicyclic) bond motifs is 1. The lowest BCUT2D eigenvalue weighted by Gasteiger charge is -2.17. The quantitative estimate of drug-likeness (QED) is 0.715. The number of benzene rings is 1. The molecule has 0 fully saturated rings. The number of aliphatic hydroxyl groups is 1. The molecule has 2 rings (SSSR count). The standard InChI is InChI=1S/C10H12OS/c11-7-9-4-1-3-8-5-2-6-12-10(8)9/h1,3-4,11H,2,5-7H2. The van der Waals surface area contributed by atoms with Gasteiger partial charge in [-0.2, -0.15) is 0 Å². The van der Waals surface area contributed by atoms with Crippen molar-refractivity contribution in [3.05, 3.63) is 29.3 Å². The van der Waals surface area contributed by atoms with Gasteiger partial charge in [-0.05, 0) is 29.7 Å². The van der Waals surface area contributed by atoms with Crippen LogP contribution in [0.15, 0.2) is 23.1 Å². The molecular weight excluding hydrogens is 168 g/mol. The summed E-state index contributed by atoms with van der Waals surface area (Å²) >= 11 is 1.88. The summed E-state index contributed by atoms with van der Waals surface area (Å²) in [5.74, 6) is 1.20. The van der Waals surface area contributed by atoms with Crippen LogP contribution >= 0.6 is 11.8 Å². The second-order valence-corrected chi connectivity index (χ2v) is 4.12. The van der Waals surface area contributed by atoms with Gasteiger partial charge in [0.2, 0.25) is 0 Å². The van der Waals surface area contributed by atoms with Gasteiger partial charge in [0.05, 0.1) is 6.61 Å². The highest BCUT2D eigenvalue weighted by Gasteiger charge is 2.12. The van der Waals surface area contributed by atoms with Crippen LogP contribution in [-0.4, -0.2) is 10.9 Å². The predicted molar refractivity (Wildman–Crippen MR) is 51.4 cm³/mol. The number of hydrogen-bond donors (Lipinski definition) is 1. The zero-order valence-electron chi connectivity index (χ0n) is 6.92. The van der Waals surface area contributed by atoms with Crippen molar-refractivity contribution in [2.75, 3.05) is 5.75 Å². The topological polar surface area (TPSA) is 20.2 Å². The Morgan fingerprint density at radius 1 is 1.42 bits per heavy atom. The summed E-state index contributed by atoms with van der Waals surface area (Å²) in [7, 11) is 0. The molecule has 0 spiro atoms. The molecule has 1 N–H and O–H groups in total. The van der Waals surface area contributed by atoms with Gasteiger partial charge in [-0.25, -0.2) is 0 Å². The minimum Gasteiger partial charge on any atom is -0.392 e. The van der Waals surface area contributed by atoms with Gasteiger partial charge in [0.25, 0.3) is 0 Å². The lowest BCUT2D eigenvalue weighted by Crippen LogP contribution is -2.01. The summed E-state index contributed by atoms with van der Waals surface area (Å²) in [5.41, 5.74) is 2.51.